The van der Waals surface area contributed by atoms with Crippen molar-refractivity contribution in [1.29, 1.82) is 0 Å². The van der Waals surface area contributed by atoms with Crippen LogP contribution in [0.15, 0.2) is 41.5 Å². The van der Waals surface area contributed by atoms with Crippen LogP contribution < -0.4 is 15.7 Å². The molecule has 1 aromatic carbocycles. The molecule has 0 saturated heterocycles. The van der Waals surface area contributed by atoms with Crippen molar-refractivity contribution in [3.63, 3.8) is 0 Å². The van der Waals surface area contributed by atoms with E-state index in [-0.39, 0.29) is 11.8 Å². The Morgan fingerprint density at radius 2 is 2.33 bits per heavy atom. The van der Waals surface area contributed by atoms with Crippen molar-refractivity contribution >= 4 is 11.5 Å². The van der Waals surface area contributed by atoms with Crippen molar-refractivity contribution in [3.8, 4) is 5.75 Å². The van der Waals surface area contributed by atoms with E-state index in [1.54, 1.807) is 6.07 Å². The summed E-state index contributed by atoms with van der Waals surface area (Å²) in [6.45, 7) is 0.645. The minimum Gasteiger partial charge on any atom is -0.488 e. The first-order valence-corrected chi connectivity index (χ1v) is 6.71. The monoisotopic (exact) mass is 283 g/mol. The highest BCUT2D eigenvalue weighted by molar-refractivity contribution is 5.48. The lowest BCUT2D eigenvalue weighted by atomic mass is 10.1. The number of ether oxygens (including phenoxy) is 1. The smallest absolute Gasteiger partial charge is 0.348 e. The fourth-order valence-corrected chi connectivity index (χ4v) is 2.49. The molecule has 1 atom stereocenters. The largest absolute Gasteiger partial charge is 0.488 e. The Hall–Kier alpha value is -2.83. The molecule has 4 rings (SSSR count). The number of nitrogens with one attached hydrogen (secondary N) is 2. The SMILES string of the molecule is O=c1[nH]nc2cc(NCC3Cc4ccccc4O3)ncn12. The van der Waals surface area contributed by atoms with Gasteiger partial charge >= 0.3 is 5.69 Å². The summed E-state index contributed by atoms with van der Waals surface area (Å²) < 4.78 is 7.21. The van der Waals surface area contributed by atoms with Crippen LogP contribution >= 0.6 is 0 Å². The van der Waals surface area contributed by atoms with Crippen molar-refractivity contribution in [2.45, 2.75) is 12.5 Å². The van der Waals surface area contributed by atoms with Crippen molar-refractivity contribution in [2.75, 3.05) is 11.9 Å². The Balaban J connectivity index is 1.46. The van der Waals surface area contributed by atoms with Gasteiger partial charge in [0, 0.05) is 12.5 Å². The predicted octanol–water partition coefficient (Wildman–Crippen LogP) is 0.833. The van der Waals surface area contributed by atoms with Gasteiger partial charge in [-0.25, -0.2) is 19.3 Å². The minimum atomic E-state index is -0.293. The molecule has 21 heavy (non-hydrogen) atoms. The summed E-state index contributed by atoms with van der Waals surface area (Å²) >= 11 is 0. The number of hydrogen-bond donors (Lipinski definition) is 2. The van der Waals surface area contributed by atoms with E-state index in [1.165, 1.54) is 16.3 Å². The molecule has 3 heterocycles. The molecule has 1 aliphatic heterocycles. The molecule has 3 aromatic rings. The molecule has 2 aromatic heterocycles. The van der Waals surface area contributed by atoms with E-state index in [4.69, 9.17) is 4.74 Å². The number of nitrogens with zero attached hydrogens (tertiary/aromatic N) is 3. The van der Waals surface area contributed by atoms with Crippen LogP contribution in [0.1, 0.15) is 5.56 Å². The molecule has 106 valence electrons. The lowest BCUT2D eigenvalue weighted by Gasteiger charge is -2.12. The van der Waals surface area contributed by atoms with Gasteiger partial charge in [0.05, 0.1) is 6.54 Å². The quantitative estimate of drug-likeness (QED) is 0.744. The second kappa shape index (κ2) is 4.62. The van der Waals surface area contributed by atoms with Crippen LogP contribution in [0.4, 0.5) is 5.82 Å². The van der Waals surface area contributed by atoms with Gasteiger partial charge in [-0.3, -0.25) is 0 Å². The van der Waals surface area contributed by atoms with E-state index in [0.717, 1.165) is 12.2 Å². The lowest BCUT2D eigenvalue weighted by molar-refractivity contribution is 0.246. The Morgan fingerprint density at radius 1 is 1.43 bits per heavy atom. The molecule has 7 nitrogen and oxygen atoms in total. The van der Waals surface area contributed by atoms with Crippen molar-refractivity contribution < 1.29 is 4.74 Å². The van der Waals surface area contributed by atoms with E-state index in [1.807, 2.05) is 18.2 Å². The highest BCUT2D eigenvalue weighted by Gasteiger charge is 2.21. The summed E-state index contributed by atoms with van der Waals surface area (Å²) in [5.41, 5.74) is 1.47. The third-order valence-electron chi connectivity index (χ3n) is 3.53. The van der Waals surface area contributed by atoms with Gasteiger partial charge in [-0.2, -0.15) is 5.10 Å². The van der Waals surface area contributed by atoms with Crippen molar-refractivity contribution in [3.05, 3.63) is 52.7 Å². The number of hydrogen-bond acceptors (Lipinski definition) is 5. The summed E-state index contributed by atoms with van der Waals surface area (Å²) in [4.78, 5) is 15.5. The summed E-state index contributed by atoms with van der Waals surface area (Å²) in [7, 11) is 0. The average Bonchev–Trinajstić information content (AvgIpc) is 3.08. The number of fused-ring (bicyclic) bond motifs is 2. The maximum atomic E-state index is 11.3. The van der Waals surface area contributed by atoms with Crippen LogP contribution in [0.3, 0.4) is 0 Å². The van der Waals surface area contributed by atoms with E-state index in [0.29, 0.717) is 18.0 Å². The number of anilines is 1. The zero-order valence-electron chi connectivity index (χ0n) is 11.1. The van der Waals surface area contributed by atoms with Gasteiger partial charge < -0.3 is 10.1 Å². The Bertz CT molecular complexity index is 829. The molecule has 0 saturated carbocycles. The maximum absolute atomic E-state index is 11.3. The van der Waals surface area contributed by atoms with Crippen LogP contribution in [-0.4, -0.2) is 32.2 Å². The number of rotatable bonds is 3. The number of aromatic nitrogens is 4. The van der Waals surface area contributed by atoms with Crippen LogP contribution in [0.5, 0.6) is 5.75 Å². The molecule has 0 fully saturated rings. The predicted molar refractivity (Wildman–Crippen MR) is 76.7 cm³/mol. The van der Waals surface area contributed by atoms with Crippen LogP contribution in [-0.2, 0) is 6.42 Å². The van der Waals surface area contributed by atoms with E-state index in [9.17, 15) is 4.79 Å². The number of H-pyrrole nitrogens is 1. The molecule has 0 aliphatic carbocycles. The fraction of sp³-hybridized carbons (Fsp3) is 0.214. The van der Waals surface area contributed by atoms with E-state index >= 15 is 0 Å². The molecule has 2 N–H and O–H groups in total. The van der Waals surface area contributed by atoms with Gasteiger partial charge in [0.25, 0.3) is 0 Å². The van der Waals surface area contributed by atoms with Gasteiger partial charge in [-0.15, -0.1) is 0 Å². The lowest BCUT2D eigenvalue weighted by Crippen LogP contribution is -2.24. The molecule has 1 aliphatic rings. The topological polar surface area (TPSA) is 84.3 Å². The highest BCUT2D eigenvalue weighted by Crippen LogP contribution is 2.28. The highest BCUT2D eigenvalue weighted by atomic mass is 16.5. The Kier molecular flexibility index (Phi) is 2.63. The normalized spacial score (nSPS) is 16.7. The van der Waals surface area contributed by atoms with Crippen LogP contribution in [0.25, 0.3) is 5.65 Å². The zero-order chi connectivity index (χ0) is 14.2. The maximum Gasteiger partial charge on any atom is 0.348 e. The summed E-state index contributed by atoms with van der Waals surface area (Å²) in [6, 6.07) is 9.77. The van der Waals surface area contributed by atoms with Gasteiger partial charge in [0.15, 0.2) is 5.65 Å². The molecule has 0 amide bonds. The summed E-state index contributed by atoms with van der Waals surface area (Å²) in [5, 5.41) is 9.50. The number of benzene rings is 1. The minimum absolute atomic E-state index is 0.0850. The molecule has 7 heteroatoms. The van der Waals surface area contributed by atoms with Crippen LogP contribution in [0.2, 0.25) is 0 Å². The molecular formula is C14H13N5O2. The third-order valence-corrected chi connectivity index (χ3v) is 3.53. The first kappa shape index (κ1) is 12.0. The number of aromatic amines is 1. The number of para-hydroxylation sites is 1. The first-order valence-electron chi connectivity index (χ1n) is 6.71. The standard InChI is InChI=1S/C14H13N5O2/c20-14-18-17-13-6-12(16-8-19(13)14)15-7-10-5-9-3-1-2-4-11(9)21-10/h1-4,6,8,10,15H,5,7H2,(H,18,20). The molecule has 0 bridgehead atoms. The summed E-state index contributed by atoms with van der Waals surface area (Å²) in [5.74, 6) is 1.62. The Labute approximate surface area is 119 Å². The third kappa shape index (κ3) is 2.12. The second-order valence-electron chi connectivity index (χ2n) is 4.96. The Morgan fingerprint density at radius 3 is 3.24 bits per heavy atom. The molecular weight excluding hydrogens is 270 g/mol. The van der Waals surface area contributed by atoms with Gasteiger partial charge in [-0.1, -0.05) is 18.2 Å². The molecule has 0 spiro atoms. The van der Waals surface area contributed by atoms with Crippen molar-refractivity contribution in [2.24, 2.45) is 0 Å². The fourth-order valence-electron chi connectivity index (χ4n) is 2.49. The van der Waals surface area contributed by atoms with E-state index in [2.05, 4.69) is 26.6 Å². The van der Waals surface area contributed by atoms with Crippen LogP contribution in [0, 0.1) is 0 Å². The first-order chi connectivity index (χ1) is 10.3. The van der Waals surface area contributed by atoms with Crippen molar-refractivity contribution in [1.82, 2.24) is 19.6 Å². The zero-order valence-corrected chi connectivity index (χ0v) is 11.1. The summed E-state index contributed by atoms with van der Waals surface area (Å²) in [6.07, 6.45) is 2.42. The van der Waals surface area contributed by atoms with Gasteiger partial charge in [0.1, 0.15) is 24.0 Å². The van der Waals surface area contributed by atoms with Gasteiger partial charge in [0.2, 0.25) is 0 Å². The second-order valence-corrected chi connectivity index (χ2v) is 4.96. The molecule has 1 unspecified atom stereocenters. The average molecular weight is 283 g/mol. The van der Waals surface area contributed by atoms with Gasteiger partial charge in [-0.05, 0) is 11.6 Å². The van der Waals surface area contributed by atoms with E-state index < -0.39 is 0 Å². The molecule has 0 radical (unpaired) electrons.